The average molecular weight is 1970 g/mol. The standard InChI is InChI=1S/C31H32N4O4.C21H13BrN2O4.C14H7Br2NO2.C14H9NO2.C11H21N.C7H7NO2.C6H12O/c32-28-25(35-16-14-34(15-17-35)21-6-2-1-3-7-21)18-24(33-20-12-10-19(11-13-20)31(38)39)26-27(28)30(37)23-9-5-4-8-22(23)29(26)36;22-14-9-15(24-11-7-5-10(6-8-11)21(27)28)16-17(18(14)23)20(26)13-4-2-1-3-12(13)19(16)25;15-8-5-9(16)12(17)11-10(8)13(18)6-3-1-2-4-7(6)14(11)19;15-11-7-3-6-10-12(11)14(17)9-5-2-1-4-8(9)13(10)16;1-3-7-11(8-4-1)12-9-5-2-6-10-12;8-6-1-3-7(4-2-6)10-5-9;7-6-4-2-1-3-5-6/h4-5,8-13,18,21,33H,1-3,6-7,14-17,32H2,(H,38,39);1-9,24H,23H2,(H,27,28);1-5H,17H2;1-7H,15H2;11H,1-10H2;1-5H,8H2;6-7H,1-5H2. The van der Waals surface area contributed by atoms with Gasteiger partial charge < -0.3 is 69.2 Å². The number of nitrogens with zero attached hydrogens (tertiary/aromatic N) is 3. The summed E-state index contributed by atoms with van der Waals surface area (Å²) in [4.78, 5) is 143. The van der Waals surface area contributed by atoms with Gasteiger partial charge in [-0.25, -0.2) is 9.59 Å². The zero-order valence-corrected chi connectivity index (χ0v) is 77.3. The topological polar surface area (TPSA) is 422 Å². The largest absolute Gasteiger partial charge is 0.478 e. The first kappa shape index (κ1) is 95.0. The van der Waals surface area contributed by atoms with Gasteiger partial charge in [0.25, 0.3) is 6.47 Å². The molecule has 0 aromatic heterocycles. The lowest BCUT2D eigenvalue weighted by Crippen LogP contribution is -2.51. The predicted molar refractivity (Wildman–Crippen MR) is 523 cm³/mol. The quantitative estimate of drug-likeness (QED) is 0.0425. The smallest absolute Gasteiger partial charge is 0.335 e. The number of nitrogens with two attached hydrogens (primary N) is 5. The fourth-order valence-electron chi connectivity index (χ4n) is 18.4. The van der Waals surface area contributed by atoms with Crippen molar-refractivity contribution in [2.24, 2.45) is 0 Å². The van der Waals surface area contributed by atoms with E-state index in [0.29, 0.717) is 138 Å². The molecule has 2 saturated heterocycles. The number of ketones is 8. The molecule has 9 aliphatic rings. The molecule has 0 radical (unpaired) electrons. The third-order valence-electron chi connectivity index (χ3n) is 25.2. The van der Waals surface area contributed by atoms with Gasteiger partial charge in [0.1, 0.15) is 5.75 Å². The van der Waals surface area contributed by atoms with E-state index in [1.165, 1.54) is 140 Å². The van der Waals surface area contributed by atoms with E-state index in [-0.39, 0.29) is 97.0 Å². The van der Waals surface area contributed by atoms with E-state index in [1.54, 1.807) is 176 Å². The van der Waals surface area contributed by atoms with Gasteiger partial charge in [-0.05, 0) is 209 Å². The van der Waals surface area contributed by atoms with E-state index in [1.807, 2.05) is 6.07 Å². The number of fused-ring (bicyclic) bond motifs is 8. The van der Waals surface area contributed by atoms with E-state index in [4.69, 9.17) is 38.9 Å². The second kappa shape index (κ2) is 43.3. The van der Waals surface area contributed by atoms with Crippen LogP contribution in [-0.4, -0.2) is 147 Å². The highest BCUT2D eigenvalue weighted by Crippen LogP contribution is 2.46. The number of hydrogen-bond donors (Lipinski definition) is 10. The second-order valence-electron chi connectivity index (χ2n) is 33.6. The number of nitrogen functional groups attached to an aromatic ring is 5. The molecular weight excluding hydrogens is 1870 g/mol. The molecule has 678 valence electrons. The Morgan fingerprint density at radius 3 is 1.11 bits per heavy atom. The number of nitrogens with one attached hydrogen (secondary N) is 2. The Kier molecular flexibility index (Phi) is 31.2. The lowest BCUT2D eigenvalue weighted by Gasteiger charge is -2.42. The van der Waals surface area contributed by atoms with Gasteiger partial charge in [0, 0.05) is 125 Å². The van der Waals surface area contributed by atoms with Gasteiger partial charge in [-0.3, -0.25) is 48.1 Å². The molecule has 7 aliphatic carbocycles. The molecule has 0 atom stereocenters. The number of likely N-dealkylation sites (tertiary alicyclic amines) is 1. The normalized spacial score (nSPS) is 16.2. The number of ether oxygens (including phenoxy) is 1. The predicted octanol–water partition coefficient (Wildman–Crippen LogP) is 19.7. The Bertz CT molecular complexity index is 6260. The maximum Gasteiger partial charge on any atom is 0.335 e. The average Bonchev–Trinajstić information content (AvgIpc) is 0.734. The van der Waals surface area contributed by atoms with Gasteiger partial charge in [-0.15, -0.1) is 0 Å². The molecule has 0 spiro atoms. The molecule has 11 aromatic rings. The van der Waals surface area contributed by atoms with Crippen LogP contribution < -0.4 is 48.9 Å². The molecule has 2 heterocycles. The van der Waals surface area contributed by atoms with Gasteiger partial charge in [-0.2, -0.15) is 0 Å². The Morgan fingerprint density at radius 2 is 0.697 bits per heavy atom. The van der Waals surface area contributed by atoms with Gasteiger partial charge in [0.2, 0.25) is 0 Å². The van der Waals surface area contributed by atoms with Gasteiger partial charge >= 0.3 is 11.9 Å². The van der Waals surface area contributed by atoms with E-state index in [2.05, 4.69) is 77.9 Å². The number of piperazine rings is 1. The van der Waals surface area contributed by atoms with Crippen molar-refractivity contribution in [2.45, 2.75) is 134 Å². The number of carboxylic acid groups (broad SMARTS) is 2. The molecule has 15 N–H and O–H groups in total. The number of carbonyl (C=O) groups is 11. The Balaban J connectivity index is 0.000000132. The fourth-order valence-corrected chi connectivity index (χ4v) is 20.1. The van der Waals surface area contributed by atoms with Crippen LogP contribution in [-0.2, 0) is 4.79 Å². The highest BCUT2D eigenvalue weighted by atomic mass is 79.9. The maximum absolute atomic E-state index is 13.7. The summed E-state index contributed by atoms with van der Waals surface area (Å²) in [6.45, 7) is 6.59. The first-order valence-corrected chi connectivity index (χ1v) is 46.6. The molecule has 2 aliphatic heterocycles. The second-order valence-corrected chi connectivity index (χ2v) is 36.1. The molecule has 20 rings (SSSR count). The minimum atomic E-state index is -1.03. The summed E-state index contributed by atoms with van der Waals surface area (Å²) in [5, 5.41) is 33.6. The van der Waals surface area contributed by atoms with Crippen LogP contribution in [0.1, 0.15) is 264 Å². The number of benzene rings is 11. The number of piperidine rings is 1. The fraction of sp³-hybridized carbons (Fsp3) is 0.260. The maximum atomic E-state index is 13.7. The summed E-state index contributed by atoms with van der Waals surface area (Å²) < 4.78 is 6.17. The zero-order valence-electron chi connectivity index (χ0n) is 72.5. The highest BCUT2D eigenvalue weighted by Gasteiger charge is 2.40. The third-order valence-corrected chi connectivity index (χ3v) is 27.2. The Hall–Kier alpha value is -13.1. The zero-order chi connectivity index (χ0) is 93.6. The monoisotopic (exact) mass is 1970 g/mol. The number of anilines is 10. The van der Waals surface area contributed by atoms with Crippen molar-refractivity contribution in [1.82, 2.24) is 9.80 Å². The van der Waals surface area contributed by atoms with Crippen LogP contribution in [0.4, 0.5) is 56.9 Å². The number of carboxylic acids is 2. The van der Waals surface area contributed by atoms with Crippen molar-refractivity contribution in [2.75, 3.05) is 83.5 Å². The Labute approximate surface area is 789 Å². The van der Waals surface area contributed by atoms with Crippen molar-refractivity contribution in [3.05, 3.63) is 320 Å². The van der Waals surface area contributed by atoms with Crippen LogP contribution in [0, 0.1) is 0 Å². The van der Waals surface area contributed by atoms with Crippen LogP contribution in [0.5, 0.6) is 5.75 Å². The highest BCUT2D eigenvalue weighted by molar-refractivity contribution is 9.11. The lowest BCUT2D eigenvalue weighted by atomic mass is 9.81. The molecular formula is C104H101Br3N10O15. The van der Waals surface area contributed by atoms with Crippen LogP contribution in [0.25, 0.3) is 0 Å². The van der Waals surface area contributed by atoms with Crippen molar-refractivity contribution < 1.29 is 72.8 Å². The molecule has 0 bridgehead atoms. The number of aliphatic hydroxyl groups is 1. The van der Waals surface area contributed by atoms with Gasteiger partial charge in [0.05, 0.1) is 90.3 Å². The number of hydrogen-bond acceptors (Lipinski definition) is 23. The van der Waals surface area contributed by atoms with Crippen molar-refractivity contribution in [3.63, 3.8) is 0 Å². The van der Waals surface area contributed by atoms with Crippen LogP contribution in [0.15, 0.2) is 220 Å². The van der Waals surface area contributed by atoms with Crippen molar-refractivity contribution in [3.8, 4) is 5.75 Å². The number of aliphatic hydroxyl groups excluding tert-OH is 1. The third kappa shape index (κ3) is 21.2. The molecule has 28 heteroatoms. The van der Waals surface area contributed by atoms with E-state index < -0.39 is 11.9 Å². The summed E-state index contributed by atoms with van der Waals surface area (Å²) in [6.07, 6.45) is 24.2. The van der Waals surface area contributed by atoms with E-state index >= 15 is 0 Å². The van der Waals surface area contributed by atoms with Crippen molar-refractivity contribution >= 4 is 169 Å². The minimum absolute atomic E-state index is 0.0359. The number of aromatic carboxylic acids is 2. The summed E-state index contributed by atoms with van der Waals surface area (Å²) >= 11 is 9.97. The summed E-state index contributed by atoms with van der Waals surface area (Å²) in [5.41, 5.74) is 40.1. The molecule has 132 heavy (non-hydrogen) atoms. The first-order chi connectivity index (χ1) is 63.7. The van der Waals surface area contributed by atoms with Crippen LogP contribution in [0.2, 0.25) is 0 Å². The number of rotatable bonds is 11. The number of carbonyl (C=O) groups excluding carboxylic acids is 9. The SMILES string of the molecule is C1CCC(N2CCCCC2)CC1.Nc1c(Br)cc(Br)c2c1C(=O)c1ccccc1C2=O.Nc1c(Br)cc(Nc2ccc(C(=O)O)cc2)c2c1C(=O)c1ccccc1C2=O.Nc1c(N2CCN(C3CCCCC3)CC2)cc(Nc2ccc(C(=O)O)cc2)c2c1C(=O)c1ccccc1C2=O.Nc1ccc(OC=O)cc1.Nc1cccc2c1C(=O)c1ccccc1C2=O.OC1CCCCC1. The van der Waals surface area contributed by atoms with Crippen LogP contribution >= 0.6 is 47.8 Å². The lowest BCUT2D eigenvalue weighted by molar-refractivity contribution is -0.120. The summed E-state index contributed by atoms with van der Waals surface area (Å²) in [5.74, 6) is -3.38. The number of halogens is 3. The molecule has 0 unspecified atom stereocenters. The molecule has 0 amide bonds. The molecule has 25 nitrogen and oxygen atoms in total. The van der Waals surface area contributed by atoms with E-state index in [0.717, 1.165) is 50.7 Å². The summed E-state index contributed by atoms with van der Waals surface area (Å²) in [7, 11) is 0. The Morgan fingerprint density at radius 1 is 0.348 bits per heavy atom. The summed E-state index contributed by atoms with van der Waals surface area (Å²) in [6, 6.07) is 57.8. The first-order valence-electron chi connectivity index (χ1n) is 44.3. The van der Waals surface area contributed by atoms with Crippen molar-refractivity contribution in [1.29, 1.82) is 0 Å². The minimum Gasteiger partial charge on any atom is -0.478 e. The van der Waals surface area contributed by atoms with E-state index in [9.17, 15) is 57.8 Å². The van der Waals surface area contributed by atoms with Gasteiger partial charge in [-0.1, -0.05) is 173 Å². The molecule has 3 saturated carbocycles. The van der Waals surface area contributed by atoms with Crippen LogP contribution in [0.3, 0.4) is 0 Å². The molecule has 11 aromatic carbocycles. The van der Waals surface area contributed by atoms with Gasteiger partial charge in [0.15, 0.2) is 46.3 Å². The molecule has 5 fully saturated rings.